The fourth-order valence-electron chi connectivity index (χ4n) is 1.52. The molecule has 0 aliphatic carbocycles. The number of rotatable bonds is 4. The molecule has 1 aromatic heterocycles. The van der Waals surface area contributed by atoms with Gasteiger partial charge in [0.05, 0.1) is 5.75 Å². The molecule has 0 radical (unpaired) electrons. The van der Waals surface area contributed by atoms with Crippen LogP contribution in [0.25, 0.3) is 0 Å². The third kappa shape index (κ3) is 4.20. The number of carbonyl (C=O) groups excluding carboxylic acids is 1. The van der Waals surface area contributed by atoms with Gasteiger partial charge in [-0.2, -0.15) is 0 Å². The van der Waals surface area contributed by atoms with Crippen LogP contribution in [0.5, 0.6) is 0 Å². The molecule has 2 rings (SSSR count). The minimum atomic E-state index is -0.398. The number of anilines is 2. The van der Waals surface area contributed by atoms with Crippen LogP contribution in [0.15, 0.2) is 35.5 Å². The molecule has 0 fully saturated rings. The lowest BCUT2D eigenvalue weighted by molar-refractivity contribution is -0.113. The van der Waals surface area contributed by atoms with E-state index in [9.17, 15) is 9.18 Å². The third-order valence-corrected chi connectivity index (χ3v) is 3.14. The van der Waals surface area contributed by atoms with Crippen LogP contribution in [-0.4, -0.2) is 21.6 Å². The lowest BCUT2D eigenvalue weighted by Crippen LogP contribution is -2.14. The van der Waals surface area contributed by atoms with E-state index in [1.165, 1.54) is 30.0 Å². The molecule has 0 aliphatic rings. The standard InChI is InChI=1S/C13H13FN4OS/c1-8-5-11(15)18-13(16-8)20-7-12(19)17-10-4-2-3-9(14)6-10/h2-6H,7H2,1H3,(H,17,19)(H2,15,16,18). The normalized spacial score (nSPS) is 10.3. The van der Waals surface area contributed by atoms with Gasteiger partial charge in [-0.3, -0.25) is 4.79 Å². The molecular weight excluding hydrogens is 279 g/mol. The summed E-state index contributed by atoms with van der Waals surface area (Å²) in [5.41, 5.74) is 6.76. The van der Waals surface area contributed by atoms with Gasteiger partial charge in [0, 0.05) is 17.4 Å². The maximum absolute atomic E-state index is 13.0. The second-order valence-corrected chi connectivity index (χ2v) is 5.01. The van der Waals surface area contributed by atoms with E-state index in [2.05, 4.69) is 15.3 Å². The van der Waals surface area contributed by atoms with Crippen LogP contribution in [0.3, 0.4) is 0 Å². The number of aromatic nitrogens is 2. The Balaban J connectivity index is 1.92. The SMILES string of the molecule is Cc1cc(N)nc(SCC(=O)Nc2cccc(F)c2)n1. The largest absolute Gasteiger partial charge is 0.384 e. The van der Waals surface area contributed by atoms with Gasteiger partial charge >= 0.3 is 0 Å². The van der Waals surface area contributed by atoms with E-state index in [0.29, 0.717) is 16.7 Å². The first-order valence-electron chi connectivity index (χ1n) is 5.82. The van der Waals surface area contributed by atoms with Crippen molar-refractivity contribution in [2.45, 2.75) is 12.1 Å². The topological polar surface area (TPSA) is 80.9 Å². The highest BCUT2D eigenvalue weighted by atomic mass is 32.2. The minimum Gasteiger partial charge on any atom is -0.384 e. The summed E-state index contributed by atoms with van der Waals surface area (Å²) in [6, 6.07) is 7.36. The van der Waals surface area contributed by atoms with Crippen molar-refractivity contribution in [3.63, 3.8) is 0 Å². The van der Waals surface area contributed by atoms with Crippen LogP contribution >= 0.6 is 11.8 Å². The molecule has 0 atom stereocenters. The van der Waals surface area contributed by atoms with Crippen molar-refractivity contribution in [2.24, 2.45) is 0 Å². The quantitative estimate of drug-likeness (QED) is 0.667. The predicted molar refractivity (Wildman–Crippen MR) is 76.9 cm³/mol. The van der Waals surface area contributed by atoms with E-state index in [1.54, 1.807) is 19.1 Å². The summed E-state index contributed by atoms with van der Waals surface area (Å²) in [7, 11) is 0. The van der Waals surface area contributed by atoms with Crippen molar-refractivity contribution in [1.29, 1.82) is 0 Å². The maximum atomic E-state index is 13.0. The van der Waals surface area contributed by atoms with E-state index >= 15 is 0 Å². The molecule has 20 heavy (non-hydrogen) atoms. The number of hydrogen-bond acceptors (Lipinski definition) is 5. The minimum absolute atomic E-state index is 0.124. The van der Waals surface area contributed by atoms with E-state index in [4.69, 9.17) is 5.73 Å². The first kappa shape index (κ1) is 14.3. The van der Waals surface area contributed by atoms with Gasteiger partial charge in [0.15, 0.2) is 5.16 Å². The predicted octanol–water partition coefficient (Wildman–Crippen LogP) is 2.24. The molecule has 0 aliphatic heterocycles. The van der Waals surface area contributed by atoms with Crippen molar-refractivity contribution in [3.8, 4) is 0 Å². The summed E-state index contributed by atoms with van der Waals surface area (Å²) in [5, 5.41) is 3.04. The number of benzene rings is 1. The number of aryl methyl sites for hydroxylation is 1. The van der Waals surface area contributed by atoms with Crippen LogP contribution in [0.2, 0.25) is 0 Å². The molecular formula is C13H13FN4OS. The van der Waals surface area contributed by atoms with Gasteiger partial charge in [0.2, 0.25) is 5.91 Å². The van der Waals surface area contributed by atoms with Gasteiger partial charge < -0.3 is 11.1 Å². The molecule has 0 bridgehead atoms. The van der Waals surface area contributed by atoms with Gasteiger partial charge in [-0.25, -0.2) is 14.4 Å². The number of hydrogen-bond donors (Lipinski definition) is 2. The summed E-state index contributed by atoms with van der Waals surface area (Å²) < 4.78 is 13.0. The highest BCUT2D eigenvalue weighted by Gasteiger charge is 2.07. The Hall–Kier alpha value is -2.15. The monoisotopic (exact) mass is 292 g/mol. The van der Waals surface area contributed by atoms with Crippen molar-refractivity contribution in [2.75, 3.05) is 16.8 Å². The van der Waals surface area contributed by atoms with Crippen LogP contribution < -0.4 is 11.1 Å². The number of nitrogens with one attached hydrogen (secondary N) is 1. The second-order valence-electron chi connectivity index (χ2n) is 4.06. The highest BCUT2D eigenvalue weighted by Crippen LogP contribution is 2.16. The zero-order valence-corrected chi connectivity index (χ0v) is 11.6. The van der Waals surface area contributed by atoms with Gasteiger partial charge in [0.1, 0.15) is 11.6 Å². The number of nitrogens with two attached hydrogens (primary N) is 1. The van der Waals surface area contributed by atoms with E-state index < -0.39 is 5.82 Å². The van der Waals surface area contributed by atoms with Crippen LogP contribution in [0.4, 0.5) is 15.9 Å². The lowest BCUT2D eigenvalue weighted by Gasteiger charge is -2.05. The van der Waals surface area contributed by atoms with Crippen molar-refractivity contribution < 1.29 is 9.18 Å². The van der Waals surface area contributed by atoms with E-state index in [1.807, 2.05) is 0 Å². The van der Waals surface area contributed by atoms with E-state index in [0.717, 1.165) is 5.69 Å². The number of thioether (sulfide) groups is 1. The van der Waals surface area contributed by atoms with Gasteiger partial charge in [-0.1, -0.05) is 17.8 Å². The molecule has 0 unspecified atom stereocenters. The Morgan fingerprint density at radius 3 is 2.90 bits per heavy atom. The highest BCUT2D eigenvalue weighted by molar-refractivity contribution is 7.99. The van der Waals surface area contributed by atoms with Crippen LogP contribution in [0, 0.1) is 12.7 Å². The zero-order chi connectivity index (χ0) is 14.5. The number of carbonyl (C=O) groups is 1. The van der Waals surface area contributed by atoms with Crippen molar-refractivity contribution in [3.05, 3.63) is 41.8 Å². The average Bonchev–Trinajstić information content (AvgIpc) is 2.35. The number of halogens is 1. The summed E-state index contributed by atoms with van der Waals surface area (Å²) >= 11 is 1.17. The Bertz CT molecular complexity index is 615. The van der Waals surface area contributed by atoms with Crippen LogP contribution in [-0.2, 0) is 4.79 Å². The number of nitrogen functional groups attached to an aromatic ring is 1. The Morgan fingerprint density at radius 2 is 2.20 bits per heavy atom. The van der Waals surface area contributed by atoms with Gasteiger partial charge in [0.25, 0.3) is 0 Å². The summed E-state index contributed by atoms with van der Waals surface area (Å²) in [6.45, 7) is 1.80. The molecule has 2 aromatic rings. The summed E-state index contributed by atoms with van der Waals surface area (Å²) in [4.78, 5) is 19.9. The zero-order valence-electron chi connectivity index (χ0n) is 10.8. The van der Waals surface area contributed by atoms with Crippen LogP contribution in [0.1, 0.15) is 5.69 Å². The first-order chi connectivity index (χ1) is 9.52. The van der Waals surface area contributed by atoms with Crippen molar-refractivity contribution >= 4 is 29.2 Å². The van der Waals surface area contributed by atoms with Gasteiger partial charge in [-0.05, 0) is 25.1 Å². The molecule has 0 spiro atoms. The number of amides is 1. The molecule has 5 nitrogen and oxygen atoms in total. The smallest absolute Gasteiger partial charge is 0.234 e. The molecule has 1 heterocycles. The second kappa shape index (κ2) is 6.33. The fraction of sp³-hybridized carbons (Fsp3) is 0.154. The average molecular weight is 292 g/mol. The molecule has 1 amide bonds. The fourth-order valence-corrected chi connectivity index (χ4v) is 2.23. The molecule has 7 heteroatoms. The lowest BCUT2D eigenvalue weighted by atomic mass is 10.3. The Labute approximate surface area is 119 Å². The third-order valence-electron chi connectivity index (χ3n) is 2.29. The molecule has 1 aromatic carbocycles. The first-order valence-corrected chi connectivity index (χ1v) is 6.81. The molecule has 104 valence electrons. The Morgan fingerprint density at radius 1 is 1.40 bits per heavy atom. The maximum Gasteiger partial charge on any atom is 0.234 e. The van der Waals surface area contributed by atoms with E-state index in [-0.39, 0.29) is 11.7 Å². The molecule has 0 saturated heterocycles. The summed E-state index contributed by atoms with van der Waals surface area (Å²) in [6.07, 6.45) is 0. The summed E-state index contributed by atoms with van der Waals surface area (Å²) in [5.74, 6) is -0.167. The molecule has 3 N–H and O–H groups in total. The van der Waals surface area contributed by atoms with Crippen molar-refractivity contribution in [1.82, 2.24) is 9.97 Å². The van der Waals surface area contributed by atoms with Gasteiger partial charge in [-0.15, -0.1) is 0 Å². The molecule has 0 saturated carbocycles. The number of nitrogens with zero attached hydrogens (tertiary/aromatic N) is 2. The Kier molecular flexibility index (Phi) is 4.52.